The zero-order valence-corrected chi connectivity index (χ0v) is 9.80. The van der Waals surface area contributed by atoms with E-state index >= 15 is 0 Å². The first-order valence-corrected chi connectivity index (χ1v) is 5.99. The average Bonchev–Trinajstić information content (AvgIpc) is 2.33. The summed E-state index contributed by atoms with van der Waals surface area (Å²) in [5.74, 6) is 0.00703. The number of nitrogens with one attached hydrogen (secondary N) is 1. The Hall–Kier alpha value is -1.39. The van der Waals surface area contributed by atoms with Gasteiger partial charge in [0.1, 0.15) is 0 Å². The Labute approximate surface area is 101 Å². The molecule has 2 N–H and O–H groups in total. The summed E-state index contributed by atoms with van der Waals surface area (Å²) >= 11 is 0. The molecular formula is C13H18N2O2. The standard InChI is InChI=1S/C13H18N2O2/c16-12-6-8-15(9-7-12)10-13(17)14-11-4-2-1-3-5-11/h1-5,12,16H,6-10H2,(H,14,17). The maximum absolute atomic E-state index is 11.7. The molecule has 0 aromatic heterocycles. The van der Waals surface area contributed by atoms with E-state index in [1.54, 1.807) is 0 Å². The predicted molar refractivity (Wildman–Crippen MR) is 66.8 cm³/mol. The molecule has 2 rings (SSSR count). The van der Waals surface area contributed by atoms with Gasteiger partial charge in [-0.25, -0.2) is 0 Å². The quantitative estimate of drug-likeness (QED) is 0.823. The number of rotatable bonds is 3. The normalized spacial score (nSPS) is 17.9. The van der Waals surface area contributed by atoms with Crippen LogP contribution in [0, 0.1) is 0 Å². The van der Waals surface area contributed by atoms with Gasteiger partial charge in [-0.1, -0.05) is 18.2 Å². The fraction of sp³-hybridized carbons (Fsp3) is 0.462. The van der Waals surface area contributed by atoms with Gasteiger partial charge in [-0.2, -0.15) is 0 Å². The highest BCUT2D eigenvalue weighted by molar-refractivity contribution is 5.92. The Balaban J connectivity index is 1.78. The third kappa shape index (κ3) is 3.84. The summed E-state index contributed by atoms with van der Waals surface area (Å²) in [5, 5.41) is 12.2. The van der Waals surface area contributed by atoms with Crippen LogP contribution in [0.5, 0.6) is 0 Å². The van der Waals surface area contributed by atoms with Crippen LogP contribution in [-0.2, 0) is 4.79 Å². The zero-order valence-electron chi connectivity index (χ0n) is 9.80. The van der Waals surface area contributed by atoms with Crippen molar-refractivity contribution in [3.05, 3.63) is 30.3 Å². The minimum Gasteiger partial charge on any atom is -0.393 e. The molecule has 4 heteroatoms. The van der Waals surface area contributed by atoms with E-state index in [2.05, 4.69) is 10.2 Å². The smallest absolute Gasteiger partial charge is 0.238 e. The van der Waals surface area contributed by atoms with E-state index in [1.807, 2.05) is 30.3 Å². The first-order valence-electron chi connectivity index (χ1n) is 5.99. The van der Waals surface area contributed by atoms with Gasteiger partial charge in [0.05, 0.1) is 12.6 Å². The third-order valence-corrected chi connectivity index (χ3v) is 2.98. The van der Waals surface area contributed by atoms with Crippen molar-refractivity contribution in [2.45, 2.75) is 18.9 Å². The van der Waals surface area contributed by atoms with Crippen LogP contribution in [0.25, 0.3) is 0 Å². The average molecular weight is 234 g/mol. The van der Waals surface area contributed by atoms with Gasteiger partial charge in [-0.05, 0) is 25.0 Å². The van der Waals surface area contributed by atoms with Crippen LogP contribution in [0.15, 0.2) is 30.3 Å². The van der Waals surface area contributed by atoms with Crippen LogP contribution in [0.2, 0.25) is 0 Å². The van der Waals surface area contributed by atoms with Crippen LogP contribution >= 0.6 is 0 Å². The van der Waals surface area contributed by atoms with Gasteiger partial charge in [0.15, 0.2) is 0 Å². The van der Waals surface area contributed by atoms with Gasteiger partial charge in [0.25, 0.3) is 0 Å². The van der Waals surface area contributed by atoms with Crippen molar-refractivity contribution >= 4 is 11.6 Å². The Bertz CT molecular complexity index is 359. The van der Waals surface area contributed by atoms with Crippen LogP contribution in [0.4, 0.5) is 5.69 Å². The van der Waals surface area contributed by atoms with Crippen LogP contribution in [-0.4, -0.2) is 41.7 Å². The number of carbonyl (C=O) groups is 1. The van der Waals surface area contributed by atoms with Gasteiger partial charge >= 0.3 is 0 Å². The molecule has 1 aliphatic heterocycles. The SMILES string of the molecule is O=C(CN1CCC(O)CC1)Nc1ccccc1. The van der Waals surface area contributed by atoms with Crippen molar-refractivity contribution in [3.8, 4) is 0 Å². The van der Waals surface area contributed by atoms with E-state index in [4.69, 9.17) is 0 Å². The summed E-state index contributed by atoms with van der Waals surface area (Å²) in [6, 6.07) is 9.46. The fourth-order valence-corrected chi connectivity index (χ4v) is 2.00. The molecule has 0 aliphatic carbocycles. The number of para-hydroxylation sites is 1. The fourth-order valence-electron chi connectivity index (χ4n) is 2.00. The van der Waals surface area contributed by atoms with Crippen molar-refractivity contribution in [2.75, 3.05) is 25.0 Å². The Morgan fingerprint density at radius 3 is 2.59 bits per heavy atom. The van der Waals surface area contributed by atoms with Crippen LogP contribution in [0.3, 0.4) is 0 Å². The lowest BCUT2D eigenvalue weighted by Gasteiger charge is -2.28. The molecular weight excluding hydrogens is 216 g/mol. The molecule has 1 aliphatic rings. The summed E-state index contributed by atoms with van der Waals surface area (Å²) in [6.07, 6.45) is 1.33. The van der Waals surface area contributed by atoms with Gasteiger partial charge in [-0.15, -0.1) is 0 Å². The van der Waals surface area contributed by atoms with Gasteiger partial charge in [0.2, 0.25) is 5.91 Å². The molecule has 1 aromatic rings. The third-order valence-electron chi connectivity index (χ3n) is 2.98. The Morgan fingerprint density at radius 2 is 1.94 bits per heavy atom. The maximum atomic E-state index is 11.7. The summed E-state index contributed by atoms with van der Waals surface area (Å²) < 4.78 is 0. The molecule has 17 heavy (non-hydrogen) atoms. The van der Waals surface area contributed by atoms with Crippen molar-refractivity contribution < 1.29 is 9.90 Å². The first kappa shape index (κ1) is 12.1. The number of aliphatic hydroxyl groups excluding tert-OH is 1. The monoisotopic (exact) mass is 234 g/mol. The molecule has 92 valence electrons. The summed E-state index contributed by atoms with van der Waals surface area (Å²) in [4.78, 5) is 13.8. The van der Waals surface area contributed by atoms with E-state index in [0.717, 1.165) is 31.6 Å². The Kier molecular flexibility index (Phi) is 4.12. The lowest BCUT2D eigenvalue weighted by atomic mass is 10.1. The molecule has 0 saturated carbocycles. The molecule has 4 nitrogen and oxygen atoms in total. The van der Waals surface area contributed by atoms with Crippen molar-refractivity contribution in [1.29, 1.82) is 0 Å². The van der Waals surface area contributed by atoms with Crippen molar-refractivity contribution in [1.82, 2.24) is 4.90 Å². The van der Waals surface area contributed by atoms with Crippen molar-refractivity contribution in [3.63, 3.8) is 0 Å². The minimum atomic E-state index is -0.191. The molecule has 0 atom stereocenters. The topological polar surface area (TPSA) is 52.6 Å². The summed E-state index contributed by atoms with van der Waals surface area (Å²) in [5.41, 5.74) is 0.828. The molecule has 0 radical (unpaired) electrons. The number of likely N-dealkylation sites (tertiary alicyclic amines) is 1. The molecule has 0 unspecified atom stereocenters. The van der Waals surface area contributed by atoms with E-state index in [1.165, 1.54) is 0 Å². The van der Waals surface area contributed by atoms with Crippen LogP contribution < -0.4 is 5.32 Å². The number of hydrogen-bond acceptors (Lipinski definition) is 3. The number of amides is 1. The Morgan fingerprint density at radius 1 is 1.29 bits per heavy atom. The van der Waals surface area contributed by atoms with E-state index in [-0.39, 0.29) is 12.0 Å². The maximum Gasteiger partial charge on any atom is 0.238 e. The largest absolute Gasteiger partial charge is 0.393 e. The van der Waals surface area contributed by atoms with Crippen LogP contribution in [0.1, 0.15) is 12.8 Å². The number of benzene rings is 1. The number of piperidine rings is 1. The number of hydrogen-bond donors (Lipinski definition) is 2. The second-order valence-electron chi connectivity index (χ2n) is 4.42. The molecule has 1 amide bonds. The van der Waals surface area contributed by atoms with Gasteiger partial charge < -0.3 is 10.4 Å². The number of aliphatic hydroxyl groups is 1. The van der Waals surface area contributed by atoms with Gasteiger partial charge in [0, 0.05) is 18.8 Å². The summed E-state index contributed by atoms with van der Waals surface area (Å²) in [6.45, 7) is 1.99. The second kappa shape index (κ2) is 5.80. The lowest BCUT2D eigenvalue weighted by Crippen LogP contribution is -2.40. The van der Waals surface area contributed by atoms with Gasteiger partial charge in [-0.3, -0.25) is 9.69 Å². The van der Waals surface area contributed by atoms with Crippen molar-refractivity contribution in [2.24, 2.45) is 0 Å². The predicted octanol–water partition coefficient (Wildman–Crippen LogP) is 1.08. The molecule has 1 saturated heterocycles. The zero-order chi connectivity index (χ0) is 12.1. The highest BCUT2D eigenvalue weighted by Crippen LogP contribution is 2.10. The minimum absolute atomic E-state index is 0.00703. The highest BCUT2D eigenvalue weighted by Gasteiger charge is 2.18. The first-order chi connectivity index (χ1) is 8.24. The lowest BCUT2D eigenvalue weighted by molar-refractivity contribution is -0.117. The summed E-state index contributed by atoms with van der Waals surface area (Å²) in [7, 11) is 0. The highest BCUT2D eigenvalue weighted by atomic mass is 16.3. The van der Waals surface area contributed by atoms with E-state index in [9.17, 15) is 9.90 Å². The number of anilines is 1. The van der Waals surface area contributed by atoms with E-state index in [0.29, 0.717) is 6.54 Å². The number of nitrogens with zero attached hydrogens (tertiary/aromatic N) is 1. The second-order valence-corrected chi connectivity index (χ2v) is 4.42. The molecule has 1 fully saturated rings. The molecule has 1 aromatic carbocycles. The number of carbonyl (C=O) groups excluding carboxylic acids is 1. The van der Waals surface area contributed by atoms with E-state index < -0.39 is 0 Å². The molecule has 0 bridgehead atoms. The molecule has 1 heterocycles. The molecule has 0 spiro atoms.